The summed E-state index contributed by atoms with van der Waals surface area (Å²) >= 11 is 0. The van der Waals surface area contributed by atoms with Gasteiger partial charge in [-0.05, 0) is 55.7 Å². The van der Waals surface area contributed by atoms with E-state index in [-0.39, 0.29) is 18.4 Å². The number of methoxy groups -OCH3 is 1. The van der Waals surface area contributed by atoms with E-state index in [2.05, 4.69) is 23.2 Å². The highest BCUT2D eigenvalue weighted by Gasteiger charge is 2.34. The second-order valence-corrected chi connectivity index (χ2v) is 8.86. The molecule has 0 unspecified atom stereocenters. The second kappa shape index (κ2) is 10.4. The standard InChI is InChI=1S/C30H32N2O4/c1-4-35-26-12-8-9-21(30(26)36-5-2)19-27(33)32-18-17-24-23-10-6-7-11-25(23)31-28(24)29(32)20-13-15-22(34-3)16-14-20/h6-16,29,31H,4-5,17-19H2,1-3H3/t29-/m0/s1. The Morgan fingerprint density at radius 2 is 1.75 bits per heavy atom. The van der Waals surface area contributed by atoms with Gasteiger partial charge in [-0.1, -0.05) is 42.5 Å². The number of fused-ring (bicyclic) bond motifs is 3. The Labute approximate surface area is 211 Å². The number of aromatic nitrogens is 1. The van der Waals surface area contributed by atoms with Crippen LogP contribution in [0.3, 0.4) is 0 Å². The summed E-state index contributed by atoms with van der Waals surface area (Å²) in [4.78, 5) is 19.5. The molecule has 1 N–H and O–H groups in total. The number of hydrogen-bond donors (Lipinski definition) is 1. The van der Waals surface area contributed by atoms with Crippen molar-refractivity contribution in [2.24, 2.45) is 0 Å². The number of amides is 1. The van der Waals surface area contributed by atoms with Crippen LogP contribution in [0.15, 0.2) is 66.7 Å². The maximum absolute atomic E-state index is 13.9. The highest BCUT2D eigenvalue weighted by Crippen LogP contribution is 2.40. The van der Waals surface area contributed by atoms with Gasteiger partial charge < -0.3 is 24.1 Å². The molecule has 3 aromatic carbocycles. The van der Waals surface area contributed by atoms with Crippen molar-refractivity contribution in [3.8, 4) is 17.2 Å². The van der Waals surface area contributed by atoms with Crippen LogP contribution in [0.4, 0.5) is 0 Å². The molecule has 1 aromatic heterocycles. The van der Waals surface area contributed by atoms with E-state index in [1.807, 2.05) is 67.3 Å². The van der Waals surface area contributed by atoms with Crippen molar-refractivity contribution in [1.29, 1.82) is 0 Å². The summed E-state index contributed by atoms with van der Waals surface area (Å²) in [5.74, 6) is 2.17. The zero-order valence-electron chi connectivity index (χ0n) is 21.0. The summed E-state index contributed by atoms with van der Waals surface area (Å²) in [5, 5.41) is 1.22. The fourth-order valence-corrected chi connectivity index (χ4v) is 5.18. The monoisotopic (exact) mass is 484 g/mol. The van der Waals surface area contributed by atoms with Crippen LogP contribution in [-0.4, -0.2) is 42.7 Å². The molecule has 0 spiro atoms. The first kappa shape index (κ1) is 23.8. The van der Waals surface area contributed by atoms with Crippen molar-refractivity contribution >= 4 is 16.8 Å². The maximum Gasteiger partial charge on any atom is 0.227 e. The van der Waals surface area contributed by atoms with Gasteiger partial charge in [-0.15, -0.1) is 0 Å². The summed E-state index contributed by atoms with van der Waals surface area (Å²) in [5.41, 5.74) is 5.34. The number of rotatable bonds is 8. The van der Waals surface area contributed by atoms with Crippen LogP contribution in [0.2, 0.25) is 0 Å². The van der Waals surface area contributed by atoms with E-state index >= 15 is 0 Å². The average Bonchev–Trinajstić information content (AvgIpc) is 3.29. The van der Waals surface area contributed by atoms with Gasteiger partial charge in [0.25, 0.3) is 0 Å². The Bertz CT molecular complexity index is 1360. The van der Waals surface area contributed by atoms with Crippen molar-refractivity contribution in [3.05, 3.63) is 89.1 Å². The molecule has 5 rings (SSSR count). The van der Waals surface area contributed by atoms with Gasteiger partial charge in [0.1, 0.15) is 5.75 Å². The van der Waals surface area contributed by atoms with Gasteiger partial charge in [-0.3, -0.25) is 4.79 Å². The predicted octanol–water partition coefficient (Wildman–Crippen LogP) is 5.69. The molecule has 0 bridgehead atoms. The number of nitrogens with zero attached hydrogens (tertiary/aromatic N) is 1. The van der Waals surface area contributed by atoms with Gasteiger partial charge in [0.15, 0.2) is 11.5 Å². The van der Waals surface area contributed by atoms with Crippen molar-refractivity contribution in [2.75, 3.05) is 26.9 Å². The average molecular weight is 485 g/mol. The quantitative estimate of drug-likeness (QED) is 0.349. The van der Waals surface area contributed by atoms with E-state index in [1.165, 1.54) is 10.9 Å². The molecule has 0 saturated heterocycles. The molecule has 36 heavy (non-hydrogen) atoms. The van der Waals surface area contributed by atoms with Crippen LogP contribution < -0.4 is 14.2 Å². The Hall–Kier alpha value is -3.93. The fraction of sp³-hybridized carbons (Fsp3) is 0.300. The van der Waals surface area contributed by atoms with Crippen LogP contribution >= 0.6 is 0 Å². The lowest BCUT2D eigenvalue weighted by Crippen LogP contribution is -2.41. The third-order valence-electron chi connectivity index (χ3n) is 6.78. The molecule has 0 saturated carbocycles. The second-order valence-electron chi connectivity index (χ2n) is 8.86. The van der Waals surface area contributed by atoms with Crippen molar-refractivity contribution in [3.63, 3.8) is 0 Å². The van der Waals surface area contributed by atoms with Crippen molar-refractivity contribution in [1.82, 2.24) is 9.88 Å². The number of para-hydroxylation sites is 2. The predicted molar refractivity (Wildman–Crippen MR) is 141 cm³/mol. The minimum Gasteiger partial charge on any atom is -0.497 e. The summed E-state index contributed by atoms with van der Waals surface area (Å²) in [6.07, 6.45) is 1.04. The molecule has 1 aliphatic rings. The normalized spacial score (nSPS) is 15.0. The molecule has 2 heterocycles. The zero-order valence-corrected chi connectivity index (χ0v) is 21.0. The maximum atomic E-state index is 13.9. The molecule has 1 atom stereocenters. The van der Waals surface area contributed by atoms with Crippen LogP contribution in [-0.2, 0) is 17.6 Å². The lowest BCUT2D eigenvalue weighted by molar-refractivity contribution is -0.132. The van der Waals surface area contributed by atoms with E-state index in [0.717, 1.165) is 34.5 Å². The van der Waals surface area contributed by atoms with E-state index in [4.69, 9.17) is 14.2 Å². The first-order valence-electron chi connectivity index (χ1n) is 12.5. The van der Waals surface area contributed by atoms with Crippen molar-refractivity contribution < 1.29 is 19.0 Å². The number of hydrogen-bond acceptors (Lipinski definition) is 4. The summed E-state index contributed by atoms with van der Waals surface area (Å²) in [7, 11) is 1.66. The first-order chi connectivity index (χ1) is 17.6. The Kier molecular flexibility index (Phi) is 6.85. The van der Waals surface area contributed by atoms with Gasteiger partial charge in [-0.2, -0.15) is 0 Å². The largest absolute Gasteiger partial charge is 0.497 e. The first-order valence-corrected chi connectivity index (χ1v) is 12.5. The van der Waals surface area contributed by atoms with Gasteiger partial charge >= 0.3 is 0 Å². The molecule has 1 aliphatic heterocycles. The number of aromatic amines is 1. The molecule has 6 nitrogen and oxygen atoms in total. The molecule has 0 aliphatic carbocycles. The molecule has 0 fully saturated rings. The van der Waals surface area contributed by atoms with Gasteiger partial charge in [0.05, 0.1) is 32.8 Å². The summed E-state index contributed by atoms with van der Waals surface area (Å²) in [6.45, 7) is 5.56. The Balaban J connectivity index is 1.54. The molecule has 0 radical (unpaired) electrons. The van der Waals surface area contributed by atoms with Gasteiger partial charge in [-0.25, -0.2) is 0 Å². The Morgan fingerprint density at radius 3 is 2.50 bits per heavy atom. The third-order valence-corrected chi connectivity index (χ3v) is 6.78. The Morgan fingerprint density at radius 1 is 0.972 bits per heavy atom. The molecular weight excluding hydrogens is 452 g/mol. The fourth-order valence-electron chi connectivity index (χ4n) is 5.18. The minimum atomic E-state index is -0.217. The number of benzene rings is 3. The van der Waals surface area contributed by atoms with Crippen LogP contribution in [0.5, 0.6) is 17.2 Å². The van der Waals surface area contributed by atoms with Crippen LogP contribution in [0, 0.1) is 0 Å². The zero-order chi connectivity index (χ0) is 25.1. The van der Waals surface area contributed by atoms with Gasteiger partial charge in [0.2, 0.25) is 5.91 Å². The van der Waals surface area contributed by atoms with Gasteiger partial charge in [0, 0.05) is 28.7 Å². The molecule has 1 amide bonds. The molecule has 4 aromatic rings. The smallest absolute Gasteiger partial charge is 0.227 e. The summed E-state index contributed by atoms with van der Waals surface area (Å²) < 4.78 is 17.1. The highest BCUT2D eigenvalue weighted by molar-refractivity contribution is 5.87. The van der Waals surface area contributed by atoms with E-state index < -0.39 is 0 Å². The number of carbonyl (C=O) groups is 1. The molecule has 186 valence electrons. The number of carbonyl (C=O) groups excluding carboxylic acids is 1. The third kappa shape index (κ3) is 4.39. The summed E-state index contributed by atoms with van der Waals surface area (Å²) in [6, 6.07) is 21.9. The van der Waals surface area contributed by atoms with Crippen LogP contribution in [0.25, 0.3) is 10.9 Å². The lowest BCUT2D eigenvalue weighted by Gasteiger charge is -2.36. The SMILES string of the molecule is CCOc1cccc(CC(=O)N2CCc3c([nH]c4ccccc34)[C@@H]2c2ccc(OC)cc2)c1OCC. The topological polar surface area (TPSA) is 63.8 Å². The van der Waals surface area contributed by atoms with E-state index in [9.17, 15) is 4.79 Å². The minimum absolute atomic E-state index is 0.0507. The van der Waals surface area contributed by atoms with Crippen LogP contribution in [0.1, 0.15) is 42.3 Å². The van der Waals surface area contributed by atoms with Crippen molar-refractivity contribution in [2.45, 2.75) is 32.7 Å². The highest BCUT2D eigenvalue weighted by atomic mass is 16.5. The lowest BCUT2D eigenvalue weighted by atomic mass is 9.91. The molecular formula is C30H32N2O4. The number of nitrogens with one attached hydrogen (secondary N) is 1. The number of ether oxygens (including phenoxy) is 3. The molecule has 6 heteroatoms. The van der Waals surface area contributed by atoms with E-state index in [0.29, 0.717) is 31.3 Å². The van der Waals surface area contributed by atoms with E-state index in [1.54, 1.807) is 7.11 Å². The number of H-pyrrole nitrogens is 1.